The molecule has 0 aliphatic heterocycles. The molecule has 12 heavy (non-hydrogen) atoms. The first-order valence-corrected chi connectivity index (χ1v) is 3.87. The fourth-order valence-electron chi connectivity index (χ4n) is 1.03. The Morgan fingerprint density at radius 3 is 3.08 bits per heavy atom. The van der Waals surface area contributed by atoms with Gasteiger partial charge in [0, 0.05) is 13.7 Å². The Balaban J connectivity index is 2.45. The van der Waals surface area contributed by atoms with E-state index in [9.17, 15) is 0 Å². The predicted molar refractivity (Wildman–Crippen MR) is 45.3 cm³/mol. The lowest BCUT2D eigenvalue weighted by Gasteiger charge is -2.11. The summed E-state index contributed by atoms with van der Waals surface area (Å²) in [5.74, 6) is 6.18. The maximum Gasteiger partial charge on any atom is 0.122 e. The SMILES string of the molecule is COCCC(NN)c1ccco1. The first-order chi connectivity index (χ1) is 5.88. The van der Waals surface area contributed by atoms with Crippen molar-refractivity contribution >= 4 is 0 Å². The van der Waals surface area contributed by atoms with Crippen LogP contribution in [0.15, 0.2) is 22.8 Å². The van der Waals surface area contributed by atoms with E-state index in [-0.39, 0.29) is 6.04 Å². The van der Waals surface area contributed by atoms with Crippen LogP contribution in [-0.4, -0.2) is 13.7 Å². The van der Waals surface area contributed by atoms with E-state index in [1.165, 1.54) is 0 Å². The molecule has 0 radical (unpaired) electrons. The van der Waals surface area contributed by atoms with Gasteiger partial charge in [-0.2, -0.15) is 0 Å². The predicted octanol–water partition coefficient (Wildman–Crippen LogP) is 0.821. The summed E-state index contributed by atoms with van der Waals surface area (Å²) in [6.07, 6.45) is 2.44. The molecule has 4 heteroatoms. The number of hydrazine groups is 1. The van der Waals surface area contributed by atoms with Crippen molar-refractivity contribution < 1.29 is 9.15 Å². The van der Waals surface area contributed by atoms with Gasteiger partial charge >= 0.3 is 0 Å². The highest BCUT2D eigenvalue weighted by atomic mass is 16.5. The molecule has 1 atom stereocenters. The summed E-state index contributed by atoms with van der Waals surface area (Å²) in [5, 5.41) is 0. The van der Waals surface area contributed by atoms with Crippen molar-refractivity contribution in [2.45, 2.75) is 12.5 Å². The molecule has 1 aromatic heterocycles. The molecule has 0 fully saturated rings. The Morgan fingerprint density at radius 2 is 2.58 bits per heavy atom. The average Bonchev–Trinajstić information content (AvgIpc) is 2.59. The highest BCUT2D eigenvalue weighted by Gasteiger charge is 2.10. The summed E-state index contributed by atoms with van der Waals surface area (Å²) in [5.41, 5.74) is 2.67. The molecule has 4 nitrogen and oxygen atoms in total. The third-order valence-electron chi connectivity index (χ3n) is 1.70. The van der Waals surface area contributed by atoms with Gasteiger partial charge in [-0.05, 0) is 18.6 Å². The maximum atomic E-state index is 5.34. The molecule has 0 aromatic carbocycles. The van der Waals surface area contributed by atoms with E-state index in [0.717, 1.165) is 12.2 Å². The van der Waals surface area contributed by atoms with Crippen molar-refractivity contribution in [3.63, 3.8) is 0 Å². The molecular formula is C8H14N2O2. The second-order valence-electron chi connectivity index (χ2n) is 2.52. The second-order valence-corrected chi connectivity index (χ2v) is 2.52. The smallest absolute Gasteiger partial charge is 0.122 e. The number of hydrogen-bond acceptors (Lipinski definition) is 4. The van der Waals surface area contributed by atoms with Gasteiger partial charge in [-0.3, -0.25) is 5.84 Å². The first-order valence-electron chi connectivity index (χ1n) is 3.87. The molecule has 0 saturated heterocycles. The van der Waals surface area contributed by atoms with Crippen LogP contribution < -0.4 is 11.3 Å². The Morgan fingerprint density at radius 1 is 1.75 bits per heavy atom. The van der Waals surface area contributed by atoms with Crippen LogP contribution in [0.1, 0.15) is 18.2 Å². The fraction of sp³-hybridized carbons (Fsp3) is 0.500. The van der Waals surface area contributed by atoms with Gasteiger partial charge in [0.15, 0.2) is 0 Å². The van der Waals surface area contributed by atoms with Crippen LogP contribution >= 0.6 is 0 Å². The molecule has 0 spiro atoms. The zero-order chi connectivity index (χ0) is 8.81. The van der Waals surface area contributed by atoms with Gasteiger partial charge in [0.1, 0.15) is 5.76 Å². The number of rotatable bonds is 5. The van der Waals surface area contributed by atoms with Crippen molar-refractivity contribution in [2.75, 3.05) is 13.7 Å². The summed E-state index contributed by atoms with van der Waals surface area (Å²) in [6.45, 7) is 0.662. The number of ether oxygens (including phenoxy) is 1. The summed E-state index contributed by atoms with van der Waals surface area (Å²) in [6, 6.07) is 3.77. The summed E-state index contributed by atoms with van der Waals surface area (Å²) < 4.78 is 10.1. The minimum absolute atomic E-state index is 0.0416. The molecule has 0 saturated carbocycles. The van der Waals surface area contributed by atoms with E-state index in [1.807, 2.05) is 12.1 Å². The van der Waals surface area contributed by atoms with Crippen LogP contribution in [0.25, 0.3) is 0 Å². The molecular weight excluding hydrogens is 156 g/mol. The number of nitrogens with two attached hydrogens (primary N) is 1. The molecule has 1 unspecified atom stereocenters. The molecule has 68 valence electrons. The molecule has 3 N–H and O–H groups in total. The zero-order valence-corrected chi connectivity index (χ0v) is 7.12. The Bertz CT molecular complexity index is 199. The Labute approximate surface area is 71.7 Å². The lowest BCUT2D eigenvalue weighted by atomic mass is 10.2. The Kier molecular flexibility index (Phi) is 3.79. The largest absolute Gasteiger partial charge is 0.468 e. The highest BCUT2D eigenvalue weighted by molar-refractivity contribution is 5.03. The van der Waals surface area contributed by atoms with Crippen molar-refractivity contribution in [1.29, 1.82) is 0 Å². The van der Waals surface area contributed by atoms with Gasteiger partial charge in [0.25, 0.3) is 0 Å². The highest BCUT2D eigenvalue weighted by Crippen LogP contribution is 2.15. The third kappa shape index (κ3) is 2.34. The lowest BCUT2D eigenvalue weighted by Crippen LogP contribution is -2.28. The first kappa shape index (κ1) is 9.25. The topological polar surface area (TPSA) is 60.4 Å². The average molecular weight is 170 g/mol. The molecule has 1 rings (SSSR count). The monoisotopic (exact) mass is 170 g/mol. The van der Waals surface area contributed by atoms with E-state index in [0.29, 0.717) is 6.61 Å². The van der Waals surface area contributed by atoms with Crippen molar-refractivity contribution in [3.05, 3.63) is 24.2 Å². The number of hydrogen-bond donors (Lipinski definition) is 2. The summed E-state index contributed by atoms with van der Waals surface area (Å²) in [7, 11) is 1.66. The van der Waals surface area contributed by atoms with Crippen LogP contribution in [0.5, 0.6) is 0 Å². The zero-order valence-electron chi connectivity index (χ0n) is 7.12. The summed E-state index contributed by atoms with van der Waals surface area (Å²) >= 11 is 0. The molecule has 1 aromatic rings. The maximum absolute atomic E-state index is 5.34. The molecule has 0 aliphatic carbocycles. The van der Waals surface area contributed by atoms with Gasteiger partial charge in [0.05, 0.1) is 12.3 Å². The van der Waals surface area contributed by atoms with Crippen LogP contribution in [0.3, 0.4) is 0 Å². The van der Waals surface area contributed by atoms with E-state index in [2.05, 4.69) is 5.43 Å². The van der Waals surface area contributed by atoms with Gasteiger partial charge in [-0.25, -0.2) is 5.43 Å². The van der Waals surface area contributed by atoms with Gasteiger partial charge in [0.2, 0.25) is 0 Å². The van der Waals surface area contributed by atoms with Crippen LogP contribution in [-0.2, 0) is 4.74 Å². The van der Waals surface area contributed by atoms with E-state index in [4.69, 9.17) is 15.0 Å². The fourth-order valence-corrected chi connectivity index (χ4v) is 1.03. The number of furan rings is 1. The summed E-state index contributed by atoms with van der Waals surface area (Å²) in [4.78, 5) is 0. The normalized spacial score (nSPS) is 13.2. The Hall–Kier alpha value is -0.840. The van der Waals surface area contributed by atoms with E-state index < -0.39 is 0 Å². The van der Waals surface area contributed by atoms with Crippen LogP contribution in [0.4, 0.5) is 0 Å². The molecule has 1 heterocycles. The minimum atomic E-state index is 0.0416. The molecule has 0 amide bonds. The lowest BCUT2D eigenvalue weighted by molar-refractivity contribution is 0.178. The van der Waals surface area contributed by atoms with Crippen molar-refractivity contribution in [2.24, 2.45) is 5.84 Å². The number of nitrogens with one attached hydrogen (secondary N) is 1. The van der Waals surface area contributed by atoms with Crippen molar-refractivity contribution in [1.82, 2.24) is 5.43 Å². The third-order valence-corrected chi connectivity index (χ3v) is 1.70. The van der Waals surface area contributed by atoms with Gasteiger partial charge in [-0.1, -0.05) is 0 Å². The molecule has 0 bridgehead atoms. The van der Waals surface area contributed by atoms with Crippen molar-refractivity contribution in [3.8, 4) is 0 Å². The minimum Gasteiger partial charge on any atom is -0.468 e. The molecule has 0 aliphatic rings. The number of methoxy groups -OCH3 is 1. The standard InChI is InChI=1S/C8H14N2O2/c1-11-6-4-7(10-9)8-3-2-5-12-8/h2-3,5,7,10H,4,6,9H2,1H3. The van der Waals surface area contributed by atoms with Crippen LogP contribution in [0.2, 0.25) is 0 Å². The van der Waals surface area contributed by atoms with Gasteiger partial charge in [-0.15, -0.1) is 0 Å². The quantitative estimate of drug-likeness (QED) is 0.507. The van der Waals surface area contributed by atoms with E-state index >= 15 is 0 Å². The second kappa shape index (κ2) is 4.92. The van der Waals surface area contributed by atoms with Crippen LogP contribution in [0, 0.1) is 0 Å². The van der Waals surface area contributed by atoms with E-state index in [1.54, 1.807) is 13.4 Å². The van der Waals surface area contributed by atoms with Gasteiger partial charge < -0.3 is 9.15 Å².